The summed E-state index contributed by atoms with van der Waals surface area (Å²) >= 11 is 0. The first kappa shape index (κ1) is 14.3. The lowest BCUT2D eigenvalue weighted by Gasteiger charge is -2.44. The van der Waals surface area contributed by atoms with Crippen LogP contribution in [0.1, 0.15) is 54.9 Å². The Hall–Kier alpha value is -2.02. The summed E-state index contributed by atoms with van der Waals surface area (Å²) in [5.74, 6) is 3.79. The Morgan fingerprint density at radius 3 is 2.58 bits per heavy atom. The van der Waals surface area contributed by atoms with E-state index in [-0.39, 0.29) is 0 Å². The molecule has 2 aliphatic carbocycles. The molecular formula is C17H22N6O. The van der Waals surface area contributed by atoms with Crippen molar-refractivity contribution in [3.05, 3.63) is 29.5 Å². The average Bonchev–Trinajstić information content (AvgIpc) is 3.46. The number of likely N-dealkylation sites (N-methyl/N-ethyl adjacent to an activating group) is 1. The van der Waals surface area contributed by atoms with Crippen LogP contribution in [0.4, 0.5) is 5.82 Å². The summed E-state index contributed by atoms with van der Waals surface area (Å²) in [4.78, 5) is 9.08. The van der Waals surface area contributed by atoms with Gasteiger partial charge in [0.15, 0.2) is 11.6 Å². The highest BCUT2D eigenvalue weighted by Gasteiger charge is 2.33. The summed E-state index contributed by atoms with van der Waals surface area (Å²) in [6.07, 6.45) is 4.91. The molecule has 2 aromatic rings. The lowest BCUT2D eigenvalue weighted by molar-refractivity contribution is 0.190. The second kappa shape index (κ2) is 5.51. The van der Waals surface area contributed by atoms with E-state index in [4.69, 9.17) is 4.52 Å². The number of aromatic nitrogens is 4. The van der Waals surface area contributed by atoms with Crippen molar-refractivity contribution < 1.29 is 4.52 Å². The van der Waals surface area contributed by atoms with Gasteiger partial charge in [0.1, 0.15) is 0 Å². The first-order chi connectivity index (χ1) is 11.8. The molecular weight excluding hydrogens is 304 g/mol. The maximum Gasteiger partial charge on any atom is 0.229 e. The van der Waals surface area contributed by atoms with Crippen LogP contribution in [0.2, 0.25) is 0 Å². The van der Waals surface area contributed by atoms with E-state index in [9.17, 15) is 0 Å². The van der Waals surface area contributed by atoms with E-state index < -0.39 is 0 Å². The number of nitrogens with zero attached hydrogens (tertiary/aromatic N) is 6. The zero-order chi connectivity index (χ0) is 16.1. The molecule has 1 aliphatic heterocycles. The maximum atomic E-state index is 5.33. The van der Waals surface area contributed by atoms with Crippen molar-refractivity contribution in [3.63, 3.8) is 0 Å². The third-order valence-corrected chi connectivity index (χ3v) is 5.28. The Kier molecular flexibility index (Phi) is 3.29. The van der Waals surface area contributed by atoms with Crippen LogP contribution in [-0.4, -0.2) is 51.4 Å². The van der Waals surface area contributed by atoms with Gasteiger partial charge in [0.2, 0.25) is 5.89 Å². The molecule has 2 saturated carbocycles. The van der Waals surface area contributed by atoms with E-state index in [2.05, 4.69) is 49.3 Å². The second-order valence-electron chi connectivity index (χ2n) is 7.39. The Labute approximate surface area is 141 Å². The number of hydrogen-bond acceptors (Lipinski definition) is 7. The van der Waals surface area contributed by atoms with Crippen LogP contribution in [0.5, 0.6) is 0 Å². The van der Waals surface area contributed by atoms with Gasteiger partial charge in [-0.15, -0.1) is 5.10 Å². The van der Waals surface area contributed by atoms with Crippen LogP contribution < -0.4 is 4.90 Å². The van der Waals surface area contributed by atoms with Crippen molar-refractivity contribution in [3.8, 4) is 0 Å². The van der Waals surface area contributed by atoms with E-state index in [0.717, 1.165) is 42.9 Å². The summed E-state index contributed by atoms with van der Waals surface area (Å²) in [6, 6.07) is 4.74. The quantitative estimate of drug-likeness (QED) is 0.803. The Morgan fingerprint density at radius 1 is 1.12 bits per heavy atom. The van der Waals surface area contributed by atoms with Gasteiger partial charge < -0.3 is 9.42 Å². The zero-order valence-corrected chi connectivity index (χ0v) is 13.9. The molecule has 0 N–H and O–H groups in total. The molecule has 0 bridgehead atoms. The third-order valence-electron chi connectivity index (χ3n) is 5.28. The fourth-order valence-corrected chi connectivity index (χ4v) is 3.20. The highest BCUT2D eigenvalue weighted by atomic mass is 16.5. The summed E-state index contributed by atoms with van der Waals surface area (Å²) < 4.78 is 5.33. The van der Waals surface area contributed by atoms with Crippen molar-refractivity contribution in [2.45, 2.75) is 50.1 Å². The first-order valence-electron chi connectivity index (χ1n) is 8.87. The number of rotatable bonds is 6. The molecule has 0 aromatic carbocycles. The SMILES string of the molecule is CN(Cc1noc(C2CC2)n1)C1CN(c2ccc(C3CC3)nn2)C1. The molecule has 126 valence electrons. The Morgan fingerprint density at radius 2 is 1.92 bits per heavy atom. The third kappa shape index (κ3) is 2.77. The fourth-order valence-electron chi connectivity index (χ4n) is 3.20. The minimum Gasteiger partial charge on any atom is -0.352 e. The van der Waals surface area contributed by atoms with Gasteiger partial charge in [0, 0.05) is 31.0 Å². The van der Waals surface area contributed by atoms with Crippen LogP contribution >= 0.6 is 0 Å². The van der Waals surface area contributed by atoms with Crippen LogP contribution in [-0.2, 0) is 6.54 Å². The highest BCUT2D eigenvalue weighted by molar-refractivity contribution is 5.42. The van der Waals surface area contributed by atoms with Gasteiger partial charge in [-0.2, -0.15) is 10.1 Å². The molecule has 1 saturated heterocycles. The summed E-state index contributed by atoms with van der Waals surface area (Å²) in [5.41, 5.74) is 1.15. The van der Waals surface area contributed by atoms with E-state index >= 15 is 0 Å². The number of hydrogen-bond donors (Lipinski definition) is 0. The van der Waals surface area contributed by atoms with Gasteiger partial charge in [-0.3, -0.25) is 4.90 Å². The molecule has 0 radical (unpaired) electrons. The summed E-state index contributed by atoms with van der Waals surface area (Å²) in [7, 11) is 2.12. The van der Waals surface area contributed by atoms with Gasteiger partial charge in [-0.25, -0.2) is 0 Å². The highest BCUT2D eigenvalue weighted by Crippen LogP contribution is 2.39. The molecule has 3 heterocycles. The van der Waals surface area contributed by atoms with Gasteiger partial charge in [-0.05, 0) is 44.9 Å². The van der Waals surface area contributed by atoms with Gasteiger partial charge in [0.05, 0.1) is 12.2 Å². The van der Waals surface area contributed by atoms with Crippen molar-refractivity contribution in [2.75, 3.05) is 25.0 Å². The van der Waals surface area contributed by atoms with Gasteiger partial charge in [0.25, 0.3) is 0 Å². The average molecular weight is 326 g/mol. The minimum absolute atomic E-state index is 0.498. The van der Waals surface area contributed by atoms with Crippen molar-refractivity contribution in [2.24, 2.45) is 0 Å². The van der Waals surface area contributed by atoms with Crippen molar-refractivity contribution >= 4 is 5.82 Å². The number of anilines is 1. The first-order valence-corrected chi connectivity index (χ1v) is 8.87. The molecule has 2 aromatic heterocycles. The molecule has 7 nitrogen and oxygen atoms in total. The van der Waals surface area contributed by atoms with Crippen molar-refractivity contribution in [1.82, 2.24) is 25.2 Å². The predicted octanol–water partition coefficient (Wildman–Crippen LogP) is 1.93. The predicted molar refractivity (Wildman–Crippen MR) is 87.7 cm³/mol. The molecule has 3 fully saturated rings. The van der Waals surface area contributed by atoms with E-state index in [0.29, 0.717) is 17.9 Å². The van der Waals surface area contributed by atoms with Gasteiger partial charge >= 0.3 is 0 Å². The molecule has 0 atom stereocenters. The monoisotopic (exact) mass is 326 g/mol. The molecule has 7 heteroatoms. The Bertz CT molecular complexity index is 715. The van der Waals surface area contributed by atoms with E-state index in [1.807, 2.05) is 0 Å². The molecule has 3 aliphatic rings. The minimum atomic E-state index is 0.498. The topological polar surface area (TPSA) is 71.2 Å². The summed E-state index contributed by atoms with van der Waals surface area (Å²) in [6.45, 7) is 2.68. The fraction of sp³-hybridized carbons (Fsp3) is 0.647. The largest absolute Gasteiger partial charge is 0.352 e. The molecule has 0 spiro atoms. The van der Waals surface area contributed by atoms with Crippen LogP contribution in [0, 0.1) is 0 Å². The van der Waals surface area contributed by atoms with Gasteiger partial charge in [-0.1, -0.05) is 5.16 Å². The van der Waals surface area contributed by atoms with Crippen LogP contribution in [0.25, 0.3) is 0 Å². The second-order valence-corrected chi connectivity index (χ2v) is 7.39. The van der Waals surface area contributed by atoms with E-state index in [1.165, 1.54) is 25.7 Å². The maximum absolute atomic E-state index is 5.33. The Balaban J connectivity index is 1.14. The molecule has 24 heavy (non-hydrogen) atoms. The van der Waals surface area contributed by atoms with Crippen LogP contribution in [0.15, 0.2) is 16.7 Å². The lowest BCUT2D eigenvalue weighted by atomic mass is 10.1. The van der Waals surface area contributed by atoms with E-state index in [1.54, 1.807) is 0 Å². The zero-order valence-electron chi connectivity index (χ0n) is 13.9. The standard InChI is InChI=1S/C17H22N6O/c1-22(10-15-18-17(24-21-15)12-4-5-12)13-8-23(9-13)16-7-6-14(19-20-16)11-2-3-11/h6-7,11-13H,2-5,8-10H2,1H3. The normalized spacial score (nSPS) is 21.3. The van der Waals surface area contributed by atoms with Crippen LogP contribution in [0.3, 0.4) is 0 Å². The molecule has 5 rings (SSSR count). The van der Waals surface area contributed by atoms with Crippen molar-refractivity contribution in [1.29, 1.82) is 0 Å². The molecule has 0 unspecified atom stereocenters. The summed E-state index contributed by atoms with van der Waals surface area (Å²) in [5, 5.41) is 12.9. The smallest absolute Gasteiger partial charge is 0.229 e. The lowest BCUT2D eigenvalue weighted by Crippen LogP contribution is -2.58. The molecule has 0 amide bonds.